The van der Waals surface area contributed by atoms with Crippen molar-refractivity contribution in [2.75, 3.05) is 26.4 Å². The summed E-state index contributed by atoms with van der Waals surface area (Å²) < 4.78 is 17.1. The molecule has 114 valence electrons. The molecule has 0 saturated heterocycles. The summed E-state index contributed by atoms with van der Waals surface area (Å²) in [7, 11) is 0. The normalized spacial score (nSPS) is 17.3. The fourth-order valence-corrected chi connectivity index (χ4v) is 2.96. The number of benzene rings is 2. The summed E-state index contributed by atoms with van der Waals surface area (Å²) in [6.45, 7) is 4.69. The smallest absolute Gasteiger partial charge is 0.161 e. The van der Waals surface area contributed by atoms with Gasteiger partial charge in [-0.25, -0.2) is 0 Å². The van der Waals surface area contributed by atoms with Crippen molar-refractivity contribution in [1.82, 2.24) is 4.90 Å². The topological polar surface area (TPSA) is 30.9 Å². The molecule has 0 spiro atoms. The number of fused-ring (bicyclic) bond motifs is 2. The first kappa shape index (κ1) is 13.5. The molecule has 0 bridgehead atoms. The first-order valence-electron chi connectivity index (χ1n) is 7.70. The molecule has 0 amide bonds. The highest BCUT2D eigenvalue weighted by molar-refractivity contribution is 5.44. The second kappa shape index (κ2) is 5.89. The van der Waals surface area contributed by atoms with E-state index in [0.29, 0.717) is 13.2 Å². The van der Waals surface area contributed by atoms with Crippen LogP contribution in [0.1, 0.15) is 11.1 Å². The van der Waals surface area contributed by atoms with Crippen LogP contribution >= 0.6 is 0 Å². The SMILES string of the molecule is c1ccc2c(c1)CN(Cc1ccc3c(c1)OCCO3)CCO2. The minimum Gasteiger partial charge on any atom is -0.492 e. The molecule has 4 heteroatoms. The van der Waals surface area contributed by atoms with E-state index in [1.165, 1.54) is 11.1 Å². The molecular weight excluding hydrogens is 278 g/mol. The number of rotatable bonds is 2. The van der Waals surface area contributed by atoms with E-state index in [4.69, 9.17) is 14.2 Å². The third-order valence-corrected chi connectivity index (χ3v) is 4.04. The minimum absolute atomic E-state index is 0.626. The summed E-state index contributed by atoms with van der Waals surface area (Å²) >= 11 is 0. The molecule has 0 radical (unpaired) electrons. The Morgan fingerprint density at radius 2 is 1.64 bits per heavy atom. The van der Waals surface area contributed by atoms with Gasteiger partial charge in [0.05, 0.1) is 0 Å². The lowest BCUT2D eigenvalue weighted by atomic mass is 10.1. The summed E-state index contributed by atoms with van der Waals surface area (Å²) in [5, 5.41) is 0. The van der Waals surface area contributed by atoms with Gasteiger partial charge in [0.1, 0.15) is 25.6 Å². The van der Waals surface area contributed by atoms with Crippen LogP contribution in [0.25, 0.3) is 0 Å². The number of para-hydroxylation sites is 1. The Hall–Kier alpha value is -2.20. The van der Waals surface area contributed by atoms with Crippen LogP contribution in [-0.4, -0.2) is 31.3 Å². The van der Waals surface area contributed by atoms with Crippen LogP contribution < -0.4 is 14.2 Å². The first-order valence-corrected chi connectivity index (χ1v) is 7.70. The van der Waals surface area contributed by atoms with Crippen LogP contribution in [0.3, 0.4) is 0 Å². The number of hydrogen-bond acceptors (Lipinski definition) is 4. The second-order valence-corrected chi connectivity index (χ2v) is 5.64. The second-order valence-electron chi connectivity index (χ2n) is 5.64. The monoisotopic (exact) mass is 297 g/mol. The average Bonchev–Trinajstić information content (AvgIpc) is 2.76. The lowest BCUT2D eigenvalue weighted by Gasteiger charge is -2.22. The van der Waals surface area contributed by atoms with E-state index in [1.807, 2.05) is 18.2 Å². The molecule has 0 N–H and O–H groups in total. The summed E-state index contributed by atoms with van der Waals surface area (Å²) in [6.07, 6.45) is 0. The van der Waals surface area contributed by atoms with Gasteiger partial charge in [0, 0.05) is 25.2 Å². The van der Waals surface area contributed by atoms with E-state index in [-0.39, 0.29) is 0 Å². The van der Waals surface area contributed by atoms with E-state index >= 15 is 0 Å². The van der Waals surface area contributed by atoms with E-state index in [0.717, 1.165) is 43.5 Å². The zero-order valence-corrected chi connectivity index (χ0v) is 12.5. The quantitative estimate of drug-likeness (QED) is 0.853. The van der Waals surface area contributed by atoms with Gasteiger partial charge in [0.25, 0.3) is 0 Å². The Morgan fingerprint density at radius 3 is 2.59 bits per heavy atom. The van der Waals surface area contributed by atoms with Crippen molar-refractivity contribution >= 4 is 0 Å². The molecule has 22 heavy (non-hydrogen) atoms. The summed E-state index contributed by atoms with van der Waals surface area (Å²) in [4.78, 5) is 2.40. The van der Waals surface area contributed by atoms with Gasteiger partial charge in [-0.3, -0.25) is 4.90 Å². The average molecular weight is 297 g/mol. The van der Waals surface area contributed by atoms with E-state index in [1.54, 1.807) is 0 Å². The molecule has 4 nitrogen and oxygen atoms in total. The maximum absolute atomic E-state index is 5.82. The van der Waals surface area contributed by atoms with Crippen molar-refractivity contribution < 1.29 is 14.2 Å². The molecule has 2 aliphatic heterocycles. The first-order chi connectivity index (χ1) is 10.9. The largest absolute Gasteiger partial charge is 0.492 e. The van der Waals surface area contributed by atoms with Crippen LogP contribution in [0.5, 0.6) is 17.2 Å². The summed E-state index contributed by atoms with van der Waals surface area (Å²) in [5.41, 5.74) is 2.49. The van der Waals surface area contributed by atoms with Gasteiger partial charge in [0.2, 0.25) is 0 Å². The number of nitrogens with zero attached hydrogens (tertiary/aromatic N) is 1. The van der Waals surface area contributed by atoms with Crippen molar-refractivity contribution in [3.8, 4) is 17.2 Å². The van der Waals surface area contributed by atoms with Crippen LogP contribution in [0.2, 0.25) is 0 Å². The van der Waals surface area contributed by atoms with Gasteiger partial charge in [0.15, 0.2) is 11.5 Å². The highest BCUT2D eigenvalue weighted by Gasteiger charge is 2.17. The van der Waals surface area contributed by atoms with Crippen molar-refractivity contribution in [3.05, 3.63) is 53.6 Å². The van der Waals surface area contributed by atoms with Crippen molar-refractivity contribution in [2.45, 2.75) is 13.1 Å². The maximum Gasteiger partial charge on any atom is 0.161 e. The lowest BCUT2D eigenvalue weighted by Crippen LogP contribution is -2.25. The molecule has 0 saturated carbocycles. The third-order valence-electron chi connectivity index (χ3n) is 4.04. The lowest BCUT2D eigenvalue weighted by molar-refractivity contribution is 0.170. The van der Waals surface area contributed by atoms with Gasteiger partial charge in [-0.15, -0.1) is 0 Å². The Balaban J connectivity index is 1.51. The Kier molecular flexibility index (Phi) is 3.60. The summed E-state index contributed by atoms with van der Waals surface area (Å²) in [6, 6.07) is 14.5. The van der Waals surface area contributed by atoms with E-state index < -0.39 is 0 Å². The fraction of sp³-hybridized carbons (Fsp3) is 0.333. The minimum atomic E-state index is 0.626. The molecule has 0 aliphatic carbocycles. The zero-order valence-electron chi connectivity index (χ0n) is 12.5. The third kappa shape index (κ3) is 2.74. The van der Waals surface area contributed by atoms with Crippen molar-refractivity contribution in [1.29, 1.82) is 0 Å². The zero-order chi connectivity index (χ0) is 14.8. The van der Waals surface area contributed by atoms with E-state index in [2.05, 4.69) is 29.2 Å². The molecule has 0 atom stereocenters. The highest BCUT2D eigenvalue weighted by atomic mass is 16.6. The Labute approximate surface area is 130 Å². The molecule has 2 heterocycles. The number of hydrogen-bond donors (Lipinski definition) is 0. The van der Waals surface area contributed by atoms with E-state index in [9.17, 15) is 0 Å². The molecule has 4 rings (SSSR count). The fourth-order valence-electron chi connectivity index (χ4n) is 2.96. The molecular formula is C18H19NO3. The van der Waals surface area contributed by atoms with Gasteiger partial charge in [-0.05, 0) is 23.8 Å². The van der Waals surface area contributed by atoms with Gasteiger partial charge in [-0.2, -0.15) is 0 Å². The maximum atomic E-state index is 5.82. The molecule has 2 aromatic rings. The predicted octanol–water partition coefficient (Wildman–Crippen LogP) is 2.85. The predicted molar refractivity (Wildman–Crippen MR) is 83.5 cm³/mol. The molecule has 2 aliphatic rings. The van der Waals surface area contributed by atoms with Gasteiger partial charge < -0.3 is 14.2 Å². The van der Waals surface area contributed by atoms with Gasteiger partial charge >= 0.3 is 0 Å². The van der Waals surface area contributed by atoms with Crippen molar-refractivity contribution in [2.24, 2.45) is 0 Å². The van der Waals surface area contributed by atoms with Gasteiger partial charge in [-0.1, -0.05) is 24.3 Å². The van der Waals surface area contributed by atoms with Crippen LogP contribution in [-0.2, 0) is 13.1 Å². The Morgan fingerprint density at radius 1 is 0.818 bits per heavy atom. The molecule has 0 aromatic heterocycles. The van der Waals surface area contributed by atoms with Crippen molar-refractivity contribution in [3.63, 3.8) is 0 Å². The van der Waals surface area contributed by atoms with Crippen LogP contribution in [0.15, 0.2) is 42.5 Å². The Bertz CT molecular complexity index is 671. The van der Waals surface area contributed by atoms with Crippen LogP contribution in [0.4, 0.5) is 0 Å². The number of ether oxygens (including phenoxy) is 3. The summed E-state index contributed by atoms with van der Waals surface area (Å²) in [5.74, 6) is 2.71. The highest BCUT2D eigenvalue weighted by Crippen LogP contribution is 2.31. The molecule has 0 fully saturated rings. The van der Waals surface area contributed by atoms with Crippen LogP contribution in [0, 0.1) is 0 Å². The molecule has 0 unspecified atom stereocenters. The standard InChI is InChI=1S/C18H19NO3/c1-2-4-16-15(3-1)13-19(7-8-20-16)12-14-5-6-17-18(11-14)22-10-9-21-17/h1-6,11H,7-10,12-13H2. The molecule has 2 aromatic carbocycles.